The molecular formula is C12H10ClFN2O. The summed E-state index contributed by atoms with van der Waals surface area (Å²) in [6.07, 6.45) is 3.58. The second-order valence-corrected chi connectivity index (χ2v) is 3.96. The molecule has 1 aromatic carbocycles. The van der Waals surface area contributed by atoms with Crippen molar-refractivity contribution in [3.05, 3.63) is 58.9 Å². The van der Waals surface area contributed by atoms with Gasteiger partial charge >= 0.3 is 0 Å². The third-order valence-electron chi connectivity index (χ3n) is 2.38. The topological polar surface area (TPSA) is 46.0 Å². The van der Waals surface area contributed by atoms with Gasteiger partial charge in [0.1, 0.15) is 11.9 Å². The molecule has 0 radical (unpaired) electrons. The van der Waals surface area contributed by atoms with Gasteiger partial charge in [-0.1, -0.05) is 17.7 Å². The molecule has 2 aromatic rings. The number of aliphatic hydroxyl groups excluding tert-OH is 1. The van der Waals surface area contributed by atoms with Crippen LogP contribution in [0.3, 0.4) is 0 Å². The Balaban J connectivity index is 2.22. The second-order valence-electron chi connectivity index (χ2n) is 3.55. The van der Waals surface area contributed by atoms with Crippen molar-refractivity contribution >= 4 is 11.6 Å². The van der Waals surface area contributed by atoms with Gasteiger partial charge < -0.3 is 5.11 Å². The van der Waals surface area contributed by atoms with Crippen molar-refractivity contribution in [3.63, 3.8) is 0 Å². The number of aromatic nitrogens is 2. The first-order chi connectivity index (χ1) is 8.18. The van der Waals surface area contributed by atoms with Crippen LogP contribution in [0.15, 0.2) is 36.8 Å². The smallest absolute Gasteiger partial charge is 0.127 e. The van der Waals surface area contributed by atoms with Crippen molar-refractivity contribution in [1.82, 2.24) is 9.97 Å². The molecule has 0 saturated heterocycles. The Morgan fingerprint density at radius 2 is 2.18 bits per heavy atom. The van der Waals surface area contributed by atoms with Gasteiger partial charge in [-0.2, -0.15) is 0 Å². The number of hydrogen-bond acceptors (Lipinski definition) is 3. The Hall–Kier alpha value is -1.52. The Labute approximate surface area is 103 Å². The van der Waals surface area contributed by atoms with E-state index in [9.17, 15) is 9.50 Å². The lowest BCUT2D eigenvalue weighted by molar-refractivity contribution is 0.172. The molecule has 5 heteroatoms. The summed E-state index contributed by atoms with van der Waals surface area (Å²) in [5.74, 6) is -0.430. The van der Waals surface area contributed by atoms with E-state index in [0.717, 1.165) is 0 Å². The van der Waals surface area contributed by atoms with E-state index in [4.69, 9.17) is 11.6 Å². The van der Waals surface area contributed by atoms with E-state index in [-0.39, 0.29) is 12.0 Å². The fourth-order valence-corrected chi connectivity index (χ4v) is 1.75. The summed E-state index contributed by atoms with van der Waals surface area (Å²) >= 11 is 5.87. The van der Waals surface area contributed by atoms with Crippen LogP contribution in [0.1, 0.15) is 17.4 Å². The average Bonchev–Trinajstić information content (AvgIpc) is 2.35. The lowest BCUT2D eigenvalue weighted by Crippen LogP contribution is -2.06. The maximum atomic E-state index is 13.5. The number of benzene rings is 1. The maximum absolute atomic E-state index is 13.5. The molecule has 1 heterocycles. The van der Waals surface area contributed by atoms with Crippen molar-refractivity contribution in [3.8, 4) is 0 Å². The predicted molar refractivity (Wildman–Crippen MR) is 62.1 cm³/mol. The molecule has 1 N–H and O–H groups in total. The molecule has 1 aromatic heterocycles. The fraction of sp³-hybridized carbons (Fsp3) is 0.167. The van der Waals surface area contributed by atoms with Crippen LogP contribution < -0.4 is 0 Å². The molecule has 88 valence electrons. The van der Waals surface area contributed by atoms with Crippen LogP contribution in [0.25, 0.3) is 0 Å². The van der Waals surface area contributed by atoms with Gasteiger partial charge in [-0.3, -0.25) is 9.97 Å². The minimum Gasteiger partial charge on any atom is -0.386 e. The first kappa shape index (κ1) is 12.0. The number of aliphatic hydroxyl groups is 1. The zero-order valence-corrected chi connectivity index (χ0v) is 9.60. The van der Waals surface area contributed by atoms with Crippen LogP contribution in [0, 0.1) is 5.82 Å². The molecule has 2 rings (SSSR count). The van der Waals surface area contributed by atoms with Crippen LogP contribution in [0.2, 0.25) is 5.02 Å². The van der Waals surface area contributed by atoms with Crippen molar-refractivity contribution in [2.24, 2.45) is 0 Å². The highest BCUT2D eigenvalue weighted by molar-refractivity contribution is 6.31. The molecule has 0 fully saturated rings. The summed E-state index contributed by atoms with van der Waals surface area (Å²) in [5, 5.41) is 10.2. The molecular weight excluding hydrogens is 243 g/mol. The first-order valence-electron chi connectivity index (χ1n) is 5.05. The highest BCUT2D eigenvalue weighted by Crippen LogP contribution is 2.24. The van der Waals surface area contributed by atoms with E-state index >= 15 is 0 Å². The molecule has 0 amide bonds. The lowest BCUT2D eigenvalue weighted by atomic mass is 10.1. The molecule has 0 aliphatic rings. The molecule has 1 atom stereocenters. The van der Waals surface area contributed by atoms with Gasteiger partial charge in [-0.25, -0.2) is 4.39 Å². The normalized spacial score (nSPS) is 12.4. The van der Waals surface area contributed by atoms with Gasteiger partial charge in [0, 0.05) is 29.4 Å². The quantitative estimate of drug-likeness (QED) is 0.913. The fourth-order valence-electron chi connectivity index (χ4n) is 1.51. The Kier molecular flexibility index (Phi) is 3.66. The second kappa shape index (κ2) is 5.21. The summed E-state index contributed by atoms with van der Waals surface area (Å²) in [6, 6.07) is 4.42. The molecule has 0 bridgehead atoms. The standard InChI is InChI=1S/C12H10ClFN2O/c13-9-2-1-3-10(14)8(9)6-12(17)11-7-15-4-5-16-11/h1-5,7,12,17H,6H2. The molecule has 17 heavy (non-hydrogen) atoms. The monoisotopic (exact) mass is 252 g/mol. The predicted octanol–water partition coefficient (Wildman–Crippen LogP) is 2.55. The molecule has 3 nitrogen and oxygen atoms in total. The van der Waals surface area contributed by atoms with E-state index in [1.54, 1.807) is 6.07 Å². The summed E-state index contributed by atoms with van der Waals surface area (Å²) in [4.78, 5) is 7.80. The van der Waals surface area contributed by atoms with E-state index in [2.05, 4.69) is 9.97 Å². The van der Waals surface area contributed by atoms with E-state index in [0.29, 0.717) is 10.7 Å². The molecule has 1 unspecified atom stereocenters. The summed E-state index contributed by atoms with van der Waals surface area (Å²) in [5.41, 5.74) is 0.680. The number of hydrogen-bond donors (Lipinski definition) is 1. The highest BCUT2D eigenvalue weighted by atomic mass is 35.5. The van der Waals surface area contributed by atoms with Gasteiger partial charge in [0.2, 0.25) is 0 Å². The largest absolute Gasteiger partial charge is 0.386 e. The van der Waals surface area contributed by atoms with Gasteiger partial charge in [0.25, 0.3) is 0 Å². The van der Waals surface area contributed by atoms with Gasteiger partial charge in [0.15, 0.2) is 0 Å². The number of rotatable bonds is 3. The minimum absolute atomic E-state index is 0.0736. The third-order valence-corrected chi connectivity index (χ3v) is 2.74. The van der Waals surface area contributed by atoms with Crippen LogP contribution >= 0.6 is 11.6 Å². The van der Waals surface area contributed by atoms with Gasteiger partial charge in [-0.15, -0.1) is 0 Å². The van der Waals surface area contributed by atoms with Crippen molar-refractivity contribution in [2.45, 2.75) is 12.5 Å². The van der Waals surface area contributed by atoms with Crippen LogP contribution in [0.5, 0.6) is 0 Å². The number of halogens is 2. The SMILES string of the molecule is OC(Cc1c(F)cccc1Cl)c1cnccn1. The van der Waals surface area contributed by atoms with Gasteiger partial charge in [-0.05, 0) is 12.1 Å². The van der Waals surface area contributed by atoms with Crippen LogP contribution in [0.4, 0.5) is 4.39 Å². The summed E-state index contributed by atoms with van der Waals surface area (Å²) < 4.78 is 13.5. The van der Waals surface area contributed by atoms with Crippen molar-refractivity contribution in [2.75, 3.05) is 0 Å². The van der Waals surface area contributed by atoms with E-state index in [1.165, 1.54) is 30.7 Å². The Morgan fingerprint density at radius 3 is 2.82 bits per heavy atom. The lowest BCUT2D eigenvalue weighted by Gasteiger charge is -2.11. The van der Waals surface area contributed by atoms with Crippen LogP contribution in [-0.4, -0.2) is 15.1 Å². The average molecular weight is 253 g/mol. The molecule has 0 aliphatic carbocycles. The molecule has 0 saturated carbocycles. The Bertz CT molecular complexity index is 487. The Morgan fingerprint density at radius 1 is 1.35 bits per heavy atom. The summed E-state index contributed by atoms with van der Waals surface area (Å²) in [6.45, 7) is 0. The zero-order chi connectivity index (χ0) is 12.3. The zero-order valence-electron chi connectivity index (χ0n) is 8.85. The van der Waals surface area contributed by atoms with E-state index in [1.807, 2.05) is 0 Å². The maximum Gasteiger partial charge on any atom is 0.127 e. The highest BCUT2D eigenvalue weighted by Gasteiger charge is 2.15. The minimum atomic E-state index is -0.918. The number of nitrogens with zero attached hydrogens (tertiary/aromatic N) is 2. The van der Waals surface area contributed by atoms with Crippen LogP contribution in [-0.2, 0) is 6.42 Å². The molecule has 0 spiro atoms. The van der Waals surface area contributed by atoms with Crippen molar-refractivity contribution in [1.29, 1.82) is 0 Å². The van der Waals surface area contributed by atoms with Crippen molar-refractivity contribution < 1.29 is 9.50 Å². The first-order valence-corrected chi connectivity index (χ1v) is 5.43. The molecule has 0 aliphatic heterocycles. The van der Waals surface area contributed by atoms with Gasteiger partial charge in [0.05, 0.1) is 11.9 Å². The third kappa shape index (κ3) is 2.78. The van der Waals surface area contributed by atoms with E-state index < -0.39 is 11.9 Å². The summed E-state index contributed by atoms with van der Waals surface area (Å²) in [7, 11) is 0.